The number of benzene rings is 2. The van der Waals surface area contributed by atoms with Crippen molar-refractivity contribution in [1.82, 2.24) is 4.57 Å². The minimum absolute atomic E-state index is 0.416. The van der Waals surface area contributed by atoms with E-state index >= 15 is 0 Å². The van der Waals surface area contributed by atoms with Crippen LogP contribution in [-0.2, 0) is 4.74 Å². The van der Waals surface area contributed by atoms with E-state index in [-0.39, 0.29) is 0 Å². The molecule has 2 aromatic carbocycles. The van der Waals surface area contributed by atoms with Gasteiger partial charge in [0.25, 0.3) is 0 Å². The second-order valence-corrected chi connectivity index (χ2v) is 6.32. The van der Waals surface area contributed by atoms with E-state index in [9.17, 15) is 4.79 Å². The Morgan fingerprint density at radius 2 is 1.85 bits per heavy atom. The number of esters is 1. The third-order valence-electron chi connectivity index (χ3n) is 4.19. The predicted molar refractivity (Wildman–Crippen MR) is 105 cm³/mol. The summed E-state index contributed by atoms with van der Waals surface area (Å²) in [6, 6.07) is 17.1. The number of para-hydroxylation sites is 1. The van der Waals surface area contributed by atoms with Gasteiger partial charge in [0.2, 0.25) is 0 Å². The van der Waals surface area contributed by atoms with Crippen LogP contribution in [0.4, 0.5) is 5.69 Å². The SMILES string of the molecule is COC(=O)c1ccc(Cl)c(N=Cc2cc(C)n(-c3ccccc3)c2C)c1. The number of aliphatic imine (C=N–C) groups is 1. The van der Waals surface area contributed by atoms with Crippen LogP contribution >= 0.6 is 11.6 Å². The number of aromatic nitrogens is 1. The van der Waals surface area contributed by atoms with Crippen molar-refractivity contribution in [1.29, 1.82) is 0 Å². The Morgan fingerprint density at radius 1 is 1.12 bits per heavy atom. The van der Waals surface area contributed by atoms with Crippen LogP contribution in [0, 0.1) is 13.8 Å². The normalized spacial score (nSPS) is 11.1. The maximum absolute atomic E-state index is 11.7. The zero-order chi connectivity index (χ0) is 18.7. The summed E-state index contributed by atoms with van der Waals surface area (Å²) in [7, 11) is 1.35. The highest BCUT2D eigenvalue weighted by molar-refractivity contribution is 6.33. The molecule has 0 atom stereocenters. The number of nitrogens with zero attached hydrogens (tertiary/aromatic N) is 2. The molecule has 26 heavy (non-hydrogen) atoms. The van der Waals surface area contributed by atoms with Gasteiger partial charge in [0.05, 0.1) is 23.4 Å². The standard InChI is InChI=1S/C21H19ClN2O2/c1-14-11-17(15(2)24(14)18-7-5-4-6-8-18)13-23-20-12-16(21(25)26-3)9-10-19(20)22/h4-13H,1-3H3. The zero-order valence-corrected chi connectivity index (χ0v) is 15.6. The molecule has 5 heteroatoms. The molecule has 1 aromatic heterocycles. The molecule has 3 rings (SSSR count). The smallest absolute Gasteiger partial charge is 0.337 e. The lowest BCUT2D eigenvalue weighted by Gasteiger charge is -2.09. The molecule has 0 radical (unpaired) electrons. The third kappa shape index (κ3) is 3.55. The van der Waals surface area contributed by atoms with Gasteiger partial charge < -0.3 is 9.30 Å². The van der Waals surface area contributed by atoms with Crippen LogP contribution in [-0.4, -0.2) is 23.9 Å². The van der Waals surface area contributed by atoms with E-state index in [0.717, 1.165) is 22.6 Å². The fourth-order valence-corrected chi connectivity index (χ4v) is 3.05. The van der Waals surface area contributed by atoms with Crippen molar-refractivity contribution < 1.29 is 9.53 Å². The molecule has 0 saturated heterocycles. The average molecular weight is 367 g/mol. The van der Waals surface area contributed by atoms with Crippen molar-refractivity contribution >= 4 is 29.5 Å². The van der Waals surface area contributed by atoms with Crippen LogP contribution in [0.25, 0.3) is 5.69 Å². The first-order valence-electron chi connectivity index (χ1n) is 8.17. The first-order valence-corrected chi connectivity index (χ1v) is 8.55. The summed E-state index contributed by atoms with van der Waals surface area (Å²) in [6.45, 7) is 4.11. The molecule has 0 unspecified atom stereocenters. The Kier molecular flexibility index (Phi) is 5.24. The number of hydrogen-bond acceptors (Lipinski definition) is 3. The second kappa shape index (κ2) is 7.58. The fraction of sp³-hybridized carbons (Fsp3) is 0.143. The van der Waals surface area contributed by atoms with Gasteiger partial charge in [-0.2, -0.15) is 0 Å². The lowest BCUT2D eigenvalue weighted by molar-refractivity contribution is 0.0601. The molecular formula is C21H19ClN2O2. The minimum atomic E-state index is -0.416. The van der Waals surface area contributed by atoms with Crippen molar-refractivity contribution in [2.24, 2.45) is 4.99 Å². The lowest BCUT2D eigenvalue weighted by atomic mass is 10.2. The van der Waals surface area contributed by atoms with E-state index in [1.54, 1.807) is 24.4 Å². The van der Waals surface area contributed by atoms with Gasteiger partial charge in [0.1, 0.15) is 0 Å². The quantitative estimate of drug-likeness (QED) is 0.465. The number of hydrogen-bond donors (Lipinski definition) is 0. The molecule has 0 aliphatic heterocycles. The Labute approximate surface area is 157 Å². The number of methoxy groups -OCH3 is 1. The first-order chi connectivity index (χ1) is 12.5. The number of ether oxygens (including phenoxy) is 1. The molecule has 0 amide bonds. The summed E-state index contributed by atoms with van der Waals surface area (Å²) in [4.78, 5) is 16.2. The predicted octanol–water partition coefficient (Wildman–Crippen LogP) is 5.28. The van der Waals surface area contributed by atoms with E-state index in [4.69, 9.17) is 16.3 Å². The fourth-order valence-electron chi connectivity index (χ4n) is 2.89. The Morgan fingerprint density at radius 3 is 2.54 bits per heavy atom. The molecule has 0 aliphatic rings. The van der Waals surface area contributed by atoms with Gasteiger partial charge in [-0.15, -0.1) is 0 Å². The summed E-state index contributed by atoms with van der Waals surface area (Å²) in [5.74, 6) is -0.416. The van der Waals surface area contributed by atoms with Gasteiger partial charge in [-0.05, 0) is 50.2 Å². The monoisotopic (exact) mass is 366 g/mol. The Hall–Kier alpha value is -2.85. The van der Waals surface area contributed by atoms with Gasteiger partial charge in [0, 0.05) is 28.9 Å². The Bertz CT molecular complexity index is 975. The summed E-state index contributed by atoms with van der Waals surface area (Å²) in [6.07, 6.45) is 1.77. The lowest BCUT2D eigenvalue weighted by Crippen LogP contribution is -2.00. The molecule has 132 valence electrons. The molecule has 0 fully saturated rings. The largest absolute Gasteiger partial charge is 0.465 e. The highest BCUT2D eigenvalue weighted by atomic mass is 35.5. The Balaban J connectivity index is 1.96. The first kappa shape index (κ1) is 18.0. The molecule has 0 bridgehead atoms. The van der Waals surface area contributed by atoms with E-state index in [1.807, 2.05) is 25.1 Å². The zero-order valence-electron chi connectivity index (χ0n) is 14.9. The molecule has 0 N–H and O–H groups in total. The van der Waals surface area contributed by atoms with Gasteiger partial charge in [-0.1, -0.05) is 29.8 Å². The van der Waals surface area contributed by atoms with E-state index in [1.165, 1.54) is 7.11 Å². The third-order valence-corrected chi connectivity index (χ3v) is 4.51. The average Bonchev–Trinajstić information content (AvgIpc) is 2.94. The molecular weight excluding hydrogens is 348 g/mol. The van der Waals surface area contributed by atoms with Crippen LogP contribution in [0.5, 0.6) is 0 Å². The maximum Gasteiger partial charge on any atom is 0.337 e. The van der Waals surface area contributed by atoms with Crippen molar-refractivity contribution in [3.05, 3.63) is 82.1 Å². The number of halogens is 1. The maximum atomic E-state index is 11.7. The molecule has 0 aliphatic carbocycles. The van der Waals surface area contributed by atoms with Gasteiger partial charge in [-0.3, -0.25) is 4.99 Å². The molecule has 0 spiro atoms. The van der Waals surface area contributed by atoms with E-state index in [2.05, 4.69) is 34.7 Å². The van der Waals surface area contributed by atoms with E-state index in [0.29, 0.717) is 16.3 Å². The molecule has 0 saturated carbocycles. The molecule has 3 aromatic rings. The van der Waals surface area contributed by atoms with E-state index < -0.39 is 5.97 Å². The summed E-state index contributed by atoms with van der Waals surface area (Å²) < 4.78 is 6.92. The van der Waals surface area contributed by atoms with Crippen LogP contribution in [0.2, 0.25) is 5.02 Å². The molecule has 4 nitrogen and oxygen atoms in total. The van der Waals surface area contributed by atoms with Crippen molar-refractivity contribution in [2.45, 2.75) is 13.8 Å². The van der Waals surface area contributed by atoms with Crippen LogP contribution in [0.15, 0.2) is 59.6 Å². The number of aryl methyl sites for hydroxylation is 1. The second-order valence-electron chi connectivity index (χ2n) is 5.91. The number of carbonyl (C=O) groups is 1. The summed E-state index contributed by atoms with van der Waals surface area (Å²) in [5.41, 5.74) is 5.24. The van der Waals surface area contributed by atoms with Crippen LogP contribution in [0.1, 0.15) is 27.3 Å². The van der Waals surface area contributed by atoms with Crippen molar-refractivity contribution in [3.8, 4) is 5.69 Å². The topological polar surface area (TPSA) is 43.6 Å². The molecule has 1 heterocycles. The van der Waals surface area contributed by atoms with Crippen LogP contribution < -0.4 is 0 Å². The van der Waals surface area contributed by atoms with Crippen molar-refractivity contribution in [3.63, 3.8) is 0 Å². The number of carbonyl (C=O) groups excluding carboxylic acids is 1. The van der Waals surface area contributed by atoms with Crippen LogP contribution in [0.3, 0.4) is 0 Å². The summed E-state index contributed by atoms with van der Waals surface area (Å²) in [5, 5.41) is 0.478. The van der Waals surface area contributed by atoms with Gasteiger partial charge in [0.15, 0.2) is 0 Å². The van der Waals surface area contributed by atoms with Gasteiger partial charge >= 0.3 is 5.97 Å². The highest BCUT2D eigenvalue weighted by Crippen LogP contribution is 2.27. The number of rotatable bonds is 4. The highest BCUT2D eigenvalue weighted by Gasteiger charge is 2.11. The minimum Gasteiger partial charge on any atom is -0.465 e. The summed E-state index contributed by atoms with van der Waals surface area (Å²) >= 11 is 6.21. The van der Waals surface area contributed by atoms with Gasteiger partial charge in [-0.25, -0.2) is 4.79 Å². The van der Waals surface area contributed by atoms with Crippen molar-refractivity contribution in [2.75, 3.05) is 7.11 Å².